The number of carbonyl (C=O) groups excluding carboxylic acids is 1. The number of hydrogen-bond acceptors (Lipinski definition) is 7. The van der Waals surface area contributed by atoms with E-state index in [2.05, 4.69) is 28.5 Å². The monoisotopic (exact) mass is 432 g/mol. The maximum absolute atomic E-state index is 13.0. The molecule has 1 heterocycles. The van der Waals surface area contributed by atoms with Gasteiger partial charge >= 0.3 is 0 Å². The topological polar surface area (TPSA) is 122 Å². The van der Waals surface area contributed by atoms with Crippen LogP contribution < -0.4 is 9.46 Å². The van der Waals surface area contributed by atoms with Crippen molar-refractivity contribution in [1.82, 2.24) is 14.7 Å². The summed E-state index contributed by atoms with van der Waals surface area (Å²) in [6.45, 7) is 4.10. The molecule has 0 saturated heterocycles. The second-order valence-electron chi connectivity index (χ2n) is 9.46. The summed E-state index contributed by atoms with van der Waals surface area (Å²) in [5.41, 5.74) is -0.860. The maximum Gasteiger partial charge on any atom is 0.251 e. The molecule has 3 aliphatic rings. The van der Waals surface area contributed by atoms with Crippen LogP contribution in [-0.4, -0.2) is 42.1 Å². The number of aromatic nitrogens is 2. The van der Waals surface area contributed by atoms with Crippen molar-refractivity contribution in [3.05, 3.63) is 18.1 Å². The lowest BCUT2D eigenvalue weighted by Crippen LogP contribution is -2.48. The van der Waals surface area contributed by atoms with E-state index < -0.39 is 15.4 Å². The number of carbonyl (C=O) groups is 1. The van der Waals surface area contributed by atoms with Gasteiger partial charge in [0, 0.05) is 30.3 Å². The largest absolute Gasteiger partial charge is 0.472 e. The Balaban J connectivity index is 1.35. The van der Waals surface area contributed by atoms with E-state index in [4.69, 9.17) is 10.00 Å². The number of ether oxygens (including phenoxy) is 1. The summed E-state index contributed by atoms with van der Waals surface area (Å²) < 4.78 is 34.6. The molecule has 1 aromatic heterocycles. The highest BCUT2D eigenvalue weighted by Gasteiger charge is 2.65. The molecule has 2 atom stereocenters. The Morgan fingerprint density at radius 3 is 2.50 bits per heavy atom. The van der Waals surface area contributed by atoms with E-state index in [-0.39, 0.29) is 40.7 Å². The number of ketones is 1. The molecule has 3 saturated carbocycles. The molecule has 9 heteroatoms. The predicted molar refractivity (Wildman–Crippen MR) is 109 cm³/mol. The first-order chi connectivity index (χ1) is 14.2. The highest BCUT2D eigenvalue weighted by Crippen LogP contribution is 2.64. The van der Waals surface area contributed by atoms with E-state index in [1.165, 1.54) is 12.4 Å². The summed E-state index contributed by atoms with van der Waals surface area (Å²) in [7, 11) is -3.58. The number of rotatable bonds is 6. The van der Waals surface area contributed by atoms with E-state index in [1.807, 2.05) is 6.07 Å². The van der Waals surface area contributed by atoms with Crippen molar-refractivity contribution >= 4 is 15.8 Å². The third kappa shape index (κ3) is 3.60. The smallest absolute Gasteiger partial charge is 0.251 e. The number of fused-ring (bicyclic) bond motifs is 2. The Hall–Kier alpha value is -2.05. The van der Waals surface area contributed by atoms with Crippen LogP contribution in [0.2, 0.25) is 0 Å². The average molecular weight is 433 g/mol. The Morgan fingerprint density at radius 2 is 1.90 bits per heavy atom. The number of Topliss-reactive ketones (excluding diaryl/α,β-unsaturated/α-hetero) is 1. The first-order valence-electron chi connectivity index (χ1n) is 10.6. The molecular formula is C21H28N4O4S. The lowest BCUT2D eigenvalue weighted by molar-refractivity contribution is -0.128. The summed E-state index contributed by atoms with van der Waals surface area (Å²) in [6, 6.07) is 1.80. The van der Waals surface area contributed by atoms with E-state index >= 15 is 0 Å². The highest BCUT2D eigenvalue weighted by molar-refractivity contribution is 7.89. The molecule has 0 aliphatic heterocycles. The minimum atomic E-state index is -3.58. The molecule has 1 aromatic rings. The molecule has 3 aliphatic carbocycles. The normalized spacial score (nSPS) is 32.7. The zero-order valence-electron chi connectivity index (χ0n) is 17.4. The summed E-state index contributed by atoms with van der Waals surface area (Å²) in [6.07, 6.45) is 7.51. The van der Waals surface area contributed by atoms with Crippen molar-refractivity contribution in [1.29, 1.82) is 5.26 Å². The summed E-state index contributed by atoms with van der Waals surface area (Å²) >= 11 is 0. The van der Waals surface area contributed by atoms with Crippen LogP contribution in [0.5, 0.6) is 5.88 Å². The minimum Gasteiger partial charge on any atom is -0.472 e. The highest BCUT2D eigenvalue weighted by atomic mass is 32.2. The average Bonchev–Trinajstić information content (AvgIpc) is 3.03. The Morgan fingerprint density at radius 1 is 1.20 bits per heavy atom. The van der Waals surface area contributed by atoms with Crippen LogP contribution in [0.3, 0.4) is 0 Å². The van der Waals surface area contributed by atoms with Crippen LogP contribution in [0.15, 0.2) is 12.4 Å². The lowest BCUT2D eigenvalue weighted by Gasteiger charge is -2.37. The van der Waals surface area contributed by atoms with Crippen molar-refractivity contribution in [2.75, 3.05) is 5.75 Å². The zero-order chi connectivity index (χ0) is 21.6. The van der Waals surface area contributed by atoms with Gasteiger partial charge in [-0.3, -0.25) is 4.79 Å². The van der Waals surface area contributed by atoms with Gasteiger partial charge in [-0.15, -0.1) is 0 Å². The van der Waals surface area contributed by atoms with Gasteiger partial charge in [0.1, 0.15) is 18.0 Å². The van der Waals surface area contributed by atoms with Crippen LogP contribution in [-0.2, 0) is 14.8 Å². The molecule has 0 aromatic carbocycles. The first-order valence-corrected chi connectivity index (χ1v) is 12.2. The molecule has 3 fully saturated rings. The minimum absolute atomic E-state index is 0.107. The van der Waals surface area contributed by atoms with Gasteiger partial charge in [0.05, 0.1) is 5.75 Å². The van der Waals surface area contributed by atoms with Gasteiger partial charge in [0.15, 0.2) is 0 Å². The number of hydrogen-bond donors (Lipinski definition) is 1. The van der Waals surface area contributed by atoms with Crippen molar-refractivity contribution in [2.24, 2.45) is 16.7 Å². The zero-order valence-corrected chi connectivity index (χ0v) is 18.2. The molecule has 162 valence electrons. The van der Waals surface area contributed by atoms with Gasteiger partial charge in [-0.2, -0.15) is 5.26 Å². The van der Waals surface area contributed by atoms with Gasteiger partial charge in [-0.05, 0) is 49.9 Å². The number of nitrogens with one attached hydrogen (secondary N) is 1. The third-order valence-corrected chi connectivity index (χ3v) is 9.21. The molecule has 8 nitrogen and oxygen atoms in total. The Bertz CT molecular complexity index is 979. The second kappa shape index (κ2) is 7.57. The Labute approximate surface area is 177 Å². The molecule has 2 unspecified atom stereocenters. The van der Waals surface area contributed by atoms with Crippen LogP contribution >= 0.6 is 0 Å². The van der Waals surface area contributed by atoms with Gasteiger partial charge in [-0.1, -0.05) is 13.8 Å². The number of nitriles is 1. The summed E-state index contributed by atoms with van der Waals surface area (Å²) in [5.74, 6) is 0.528. The molecule has 1 N–H and O–H groups in total. The van der Waals surface area contributed by atoms with Crippen molar-refractivity contribution in [3.8, 4) is 11.9 Å². The number of sulfonamides is 1. The second-order valence-corrected chi connectivity index (χ2v) is 11.2. The molecule has 0 spiro atoms. The molecular weight excluding hydrogens is 404 g/mol. The van der Waals surface area contributed by atoms with E-state index in [1.54, 1.807) is 0 Å². The van der Waals surface area contributed by atoms with Gasteiger partial charge in [-0.25, -0.2) is 23.1 Å². The molecule has 4 rings (SSSR count). The SMILES string of the molecule is CC1(C)C2CCC1(CS(=O)(=O)NC1CCC(Oc3nccnc3C#N)CC1)C(=O)C2. The fraction of sp³-hybridized carbons (Fsp3) is 0.714. The van der Waals surface area contributed by atoms with E-state index in [9.17, 15) is 13.2 Å². The van der Waals surface area contributed by atoms with Crippen molar-refractivity contribution in [2.45, 2.75) is 70.9 Å². The molecule has 0 amide bonds. The van der Waals surface area contributed by atoms with Crippen LogP contribution in [0.25, 0.3) is 0 Å². The lowest BCUT2D eigenvalue weighted by atomic mass is 9.70. The summed E-state index contributed by atoms with van der Waals surface area (Å²) in [5, 5.41) is 9.10. The Kier molecular flexibility index (Phi) is 5.35. The molecule has 2 bridgehead atoms. The van der Waals surface area contributed by atoms with Gasteiger partial charge < -0.3 is 4.74 Å². The quantitative estimate of drug-likeness (QED) is 0.732. The van der Waals surface area contributed by atoms with Crippen LogP contribution in [0.1, 0.15) is 64.5 Å². The predicted octanol–water partition coefficient (Wildman–Crippen LogP) is 2.35. The summed E-state index contributed by atoms with van der Waals surface area (Å²) in [4.78, 5) is 20.7. The van der Waals surface area contributed by atoms with Crippen LogP contribution in [0.4, 0.5) is 0 Å². The maximum atomic E-state index is 13.0. The van der Waals surface area contributed by atoms with E-state index in [0.29, 0.717) is 44.4 Å². The fourth-order valence-electron chi connectivity index (χ4n) is 5.67. The van der Waals surface area contributed by atoms with E-state index in [0.717, 1.165) is 6.42 Å². The van der Waals surface area contributed by atoms with Crippen molar-refractivity contribution < 1.29 is 17.9 Å². The van der Waals surface area contributed by atoms with Crippen LogP contribution in [0, 0.1) is 28.1 Å². The standard InChI is InChI=1S/C21H28N4O4S/c1-20(2)14-7-8-21(20,18(26)11-14)13-30(27,28)25-15-3-5-16(6-4-15)29-19-17(12-22)23-9-10-24-19/h9-10,14-16,25H,3-8,11,13H2,1-2H3. The van der Waals surface area contributed by atoms with Crippen molar-refractivity contribution in [3.63, 3.8) is 0 Å². The first kappa shape index (κ1) is 21.2. The van der Waals surface area contributed by atoms with Gasteiger partial charge in [0.2, 0.25) is 15.7 Å². The third-order valence-electron chi connectivity index (χ3n) is 7.64. The molecule has 0 radical (unpaired) electrons. The molecule has 30 heavy (non-hydrogen) atoms. The van der Waals surface area contributed by atoms with Gasteiger partial charge in [0.25, 0.3) is 5.88 Å². The fourth-order valence-corrected chi connectivity index (χ4v) is 7.83. The number of nitrogens with zero attached hydrogens (tertiary/aromatic N) is 3.